The summed E-state index contributed by atoms with van der Waals surface area (Å²) >= 11 is 0. The molecule has 0 aliphatic heterocycles. The number of aryl methyl sites for hydroxylation is 1. The highest BCUT2D eigenvalue weighted by atomic mass is 16.5. The Bertz CT molecular complexity index is 626. The molecular weight excluding hydrogens is 254 g/mol. The summed E-state index contributed by atoms with van der Waals surface area (Å²) in [7, 11) is 1.56. The van der Waals surface area contributed by atoms with Crippen LogP contribution in [0, 0.1) is 6.92 Å². The molecule has 0 fully saturated rings. The lowest BCUT2D eigenvalue weighted by atomic mass is 10.1. The number of benzene rings is 1. The number of amides is 1. The van der Waals surface area contributed by atoms with Gasteiger partial charge in [0.1, 0.15) is 0 Å². The van der Waals surface area contributed by atoms with Gasteiger partial charge in [-0.1, -0.05) is 6.07 Å². The maximum atomic E-state index is 12.0. The van der Waals surface area contributed by atoms with E-state index in [1.807, 2.05) is 19.1 Å². The Hall–Kier alpha value is -2.56. The molecule has 0 saturated carbocycles. The number of hydrogen-bond acceptors (Lipinski definition) is 4. The molecule has 3 N–H and O–H groups in total. The topological polar surface area (TPSA) is 77.2 Å². The fraction of sp³-hybridized carbons (Fsp3) is 0.200. The van der Waals surface area contributed by atoms with E-state index in [0.717, 1.165) is 11.1 Å². The first kappa shape index (κ1) is 13.9. The molecule has 0 atom stereocenters. The van der Waals surface area contributed by atoms with Crippen LogP contribution in [0.15, 0.2) is 36.5 Å². The fourth-order valence-electron chi connectivity index (χ4n) is 1.74. The Kier molecular flexibility index (Phi) is 4.20. The predicted octanol–water partition coefficient (Wildman–Crippen LogP) is 1.91. The second-order valence-electron chi connectivity index (χ2n) is 4.46. The quantitative estimate of drug-likeness (QED) is 0.833. The highest BCUT2D eigenvalue weighted by molar-refractivity contribution is 5.95. The van der Waals surface area contributed by atoms with Crippen LogP contribution in [-0.4, -0.2) is 18.0 Å². The molecule has 2 aromatic rings. The summed E-state index contributed by atoms with van der Waals surface area (Å²) in [4.78, 5) is 16.0. The number of carbonyl (C=O) groups excluding carboxylic acids is 1. The number of hydrogen-bond donors (Lipinski definition) is 2. The number of methoxy groups -OCH3 is 1. The molecule has 0 spiro atoms. The Morgan fingerprint density at radius 3 is 2.85 bits per heavy atom. The van der Waals surface area contributed by atoms with Gasteiger partial charge >= 0.3 is 0 Å². The van der Waals surface area contributed by atoms with E-state index in [0.29, 0.717) is 23.7 Å². The van der Waals surface area contributed by atoms with E-state index in [9.17, 15) is 4.79 Å². The van der Waals surface area contributed by atoms with E-state index in [4.69, 9.17) is 10.5 Å². The number of ether oxygens (including phenoxy) is 1. The van der Waals surface area contributed by atoms with Gasteiger partial charge in [0.2, 0.25) is 5.88 Å². The smallest absolute Gasteiger partial charge is 0.251 e. The van der Waals surface area contributed by atoms with Gasteiger partial charge in [-0.2, -0.15) is 0 Å². The highest BCUT2D eigenvalue weighted by Crippen LogP contribution is 2.13. The number of carbonyl (C=O) groups is 1. The van der Waals surface area contributed by atoms with Crippen molar-refractivity contribution < 1.29 is 9.53 Å². The second kappa shape index (κ2) is 6.06. The zero-order chi connectivity index (χ0) is 14.5. The molecule has 0 radical (unpaired) electrons. The first-order chi connectivity index (χ1) is 9.60. The van der Waals surface area contributed by atoms with Crippen molar-refractivity contribution in [3.8, 4) is 5.88 Å². The lowest BCUT2D eigenvalue weighted by Gasteiger charge is -2.08. The van der Waals surface area contributed by atoms with Crippen LogP contribution in [0.5, 0.6) is 5.88 Å². The first-order valence-electron chi connectivity index (χ1n) is 6.23. The van der Waals surface area contributed by atoms with Crippen LogP contribution in [0.1, 0.15) is 21.5 Å². The molecular formula is C15H17N3O2. The molecule has 1 amide bonds. The van der Waals surface area contributed by atoms with Gasteiger partial charge < -0.3 is 15.8 Å². The molecule has 1 aromatic carbocycles. The van der Waals surface area contributed by atoms with E-state index < -0.39 is 0 Å². The Labute approximate surface area is 117 Å². The third-order valence-electron chi connectivity index (χ3n) is 3.00. The molecule has 104 valence electrons. The van der Waals surface area contributed by atoms with Crippen molar-refractivity contribution in [1.29, 1.82) is 0 Å². The van der Waals surface area contributed by atoms with Gasteiger partial charge in [-0.05, 0) is 36.2 Å². The molecule has 1 heterocycles. The van der Waals surface area contributed by atoms with E-state index in [1.165, 1.54) is 0 Å². The SMILES string of the molecule is COc1cc(CNC(=O)c2ccc(C)c(N)c2)ccn1. The summed E-state index contributed by atoms with van der Waals surface area (Å²) in [6.07, 6.45) is 1.64. The largest absolute Gasteiger partial charge is 0.481 e. The summed E-state index contributed by atoms with van der Waals surface area (Å²) in [6, 6.07) is 8.88. The van der Waals surface area contributed by atoms with Gasteiger partial charge in [-0.25, -0.2) is 4.98 Å². The zero-order valence-electron chi connectivity index (χ0n) is 11.5. The summed E-state index contributed by atoms with van der Waals surface area (Å²) in [6.45, 7) is 2.31. The van der Waals surface area contributed by atoms with Crippen LogP contribution in [0.2, 0.25) is 0 Å². The third-order valence-corrected chi connectivity index (χ3v) is 3.00. The summed E-state index contributed by atoms with van der Waals surface area (Å²) in [5.74, 6) is 0.365. The van der Waals surface area contributed by atoms with Gasteiger partial charge in [-0.15, -0.1) is 0 Å². The van der Waals surface area contributed by atoms with E-state index >= 15 is 0 Å². The Balaban J connectivity index is 2.02. The maximum Gasteiger partial charge on any atom is 0.251 e. The van der Waals surface area contributed by atoms with E-state index in [-0.39, 0.29) is 5.91 Å². The minimum Gasteiger partial charge on any atom is -0.481 e. The number of nitrogen functional groups attached to an aromatic ring is 1. The average molecular weight is 271 g/mol. The molecule has 20 heavy (non-hydrogen) atoms. The molecule has 2 rings (SSSR count). The summed E-state index contributed by atoms with van der Waals surface area (Å²) in [5.41, 5.74) is 8.84. The highest BCUT2D eigenvalue weighted by Gasteiger charge is 2.07. The van der Waals surface area contributed by atoms with Crippen molar-refractivity contribution in [3.63, 3.8) is 0 Å². The van der Waals surface area contributed by atoms with Crippen molar-refractivity contribution in [1.82, 2.24) is 10.3 Å². The predicted molar refractivity (Wildman–Crippen MR) is 77.6 cm³/mol. The van der Waals surface area contributed by atoms with Crippen molar-refractivity contribution in [3.05, 3.63) is 53.2 Å². The molecule has 0 unspecified atom stereocenters. The Morgan fingerprint density at radius 2 is 2.15 bits per heavy atom. The number of anilines is 1. The van der Waals surface area contributed by atoms with Crippen molar-refractivity contribution >= 4 is 11.6 Å². The number of nitrogens with one attached hydrogen (secondary N) is 1. The van der Waals surface area contributed by atoms with Crippen molar-refractivity contribution in [2.45, 2.75) is 13.5 Å². The lowest BCUT2D eigenvalue weighted by molar-refractivity contribution is 0.0951. The monoisotopic (exact) mass is 271 g/mol. The standard InChI is InChI=1S/C15H17N3O2/c1-10-3-4-12(8-13(10)16)15(19)18-9-11-5-6-17-14(7-11)20-2/h3-8H,9,16H2,1-2H3,(H,18,19). The van der Waals surface area contributed by atoms with Crippen molar-refractivity contribution in [2.24, 2.45) is 0 Å². The van der Waals surface area contributed by atoms with Crippen LogP contribution in [0.4, 0.5) is 5.69 Å². The van der Waals surface area contributed by atoms with Crippen LogP contribution in [0.3, 0.4) is 0 Å². The van der Waals surface area contributed by atoms with E-state index in [2.05, 4.69) is 10.3 Å². The normalized spacial score (nSPS) is 10.1. The van der Waals surface area contributed by atoms with Crippen LogP contribution >= 0.6 is 0 Å². The zero-order valence-corrected chi connectivity index (χ0v) is 11.5. The molecule has 5 heteroatoms. The van der Waals surface area contributed by atoms with Gasteiger partial charge in [0.15, 0.2) is 0 Å². The number of rotatable bonds is 4. The average Bonchev–Trinajstić information content (AvgIpc) is 2.47. The molecule has 0 aliphatic rings. The number of aromatic nitrogens is 1. The van der Waals surface area contributed by atoms with Crippen LogP contribution in [-0.2, 0) is 6.54 Å². The number of nitrogens with two attached hydrogens (primary N) is 1. The van der Waals surface area contributed by atoms with E-state index in [1.54, 1.807) is 31.5 Å². The van der Waals surface area contributed by atoms with Gasteiger partial charge in [0.05, 0.1) is 7.11 Å². The number of nitrogens with zero attached hydrogens (tertiary/aromatic N) is 1. The van der Waals surface area contributed by atoms with Crippen LogP contribution < -0.4 is 15.8 Å². The molecule has 0 aliphatic carbocycles. The Morgan fingerprint density at radius 1 is 1.35 bits per heavy atom. The molecule has 0 saturated heterocycles. The van der Waals surface area contributed by atoms with Gasteiger partial charge in [-0.3, -0.25) is 4.79 Å². The summed E-state index contributed by atoms with van der Waals surface area (Å²) < 4.78 is 5.03. The van der Waals surface area contributed by atoms with Gasteiger partial charge in [0.25, 0.3) is 5.91 Å². The first-order valence-corrected chi connectivity index (χ1v) is 6.23. The minimum atomic E-state index is -0.160. The third kappa shape index (κ3) is 3.26. The molecule has 1 aromatic heterocycles. The van der Waals surface area contributed by atoms with Crippen molar-refractivity contribution in [2.75, 3.05) is 12.8 Å². The summed E-state index contributed by atoms with van der Waals surface area (Å²) in [5, 5.41) is 2.84. The van der Waals surface area contributed by atoms with Crippen LogP contribution in [0.25, 0.3) is 0 Å². The second-order valence-corrected chi connectivity index (χ2v) is 4.46. The minimum absolute atomic E-state index is 0.160. The lowest BCUT2D eigenvalue weighted by Crippen LogP contribution is -2.23. The molecule has 0 bridgehead atoms. The maximum absolute atomic E-state index is 12.0. The van der Waals surface area contributed by atoms with Gasteiger partial charge in [0, 0.05) is 30.1 Å². The molecule has 5 nitrogen and oxygen atoms in total. The number of pyridine rings is 1. The fourth-order valence-corrected chi connectivity index (χ4v) is 1.74.